The lowest BCUT2D eigenvalue weighted by Gasteiger charge is -2.13. The summed E-state index contributed by atoms with van der Waals surface area (Å²) in [7, 11) is -4.75. The summed E-state index contributed by atoms with van der Waals surface area (Å²) in [6, 6.07) is 28.2. The Morgan fingerprint density at radius 3 is 1.45 bits per heavy atom. The molecule has 2 aromatic heterocycles. The van der Waals surface area contributed by atoms with Crippen LogP contribution in [-0.2, 0) is 19.5 Å². The van der Waals surface area contributed by atoms with Crippen molar-refractivity contribution in [3.05, 3.63) is 108 Å². The van der Waals surface area contributed by atoms with Crippen LogP contribution in [0.3, 0.4) is 0 Å². The second-order valence-electron chi connectivity index (χ2n) is 13.3. The average Bonchev–Trinajstić information content (AvgIpc) is 3.28. The maximum Gasteiger partial charge on any atom is 0.295 e. The van der Waals surface area contributed by atoms with Gasteiger partial charge in [0.1, 0.15) is 4.90 Å². The van der Waals surface area contributed by atoms with E-state index >= 15 is 0 Å². The third-order valence-electron chi connectivity index (χ3n) is 8.56. The van der Waals surface area contributed by atoms with E-state index in [1.54, 1.807) is 30.3 Å². The highest BCUT2D eigenvalue weighted by molar-refractivity contribution is 7.94. The Morgan fingerprint density at radius 2 is 0.984 bits per heavy atom. The average molecular weight is 913 g/mol. The van der Waals surface area contributed by atoms with Gasteiger partial charge in [-0.2, -0.15) is 38.3 Å². The summed E-state index contributed by atoms with van der Waals surface area (Å²) in [6.45, 7) is 4.57. The zero-order chi connectivity index (χ0) is 45.0. The molecule has 24 heteroatoms. The predicted octanol–water partition coefficient (Wildman–Crippen LogP) is 4.80. The van der Waals surface area contributed by atoms with Crippen molar-refractivity contribution in [2.45, 2.75) is 9.79 Å². The van der Waals surface area contributed by atoms with Crippen molar-refractivity contribution in [1.29, 1.82) is 0 Å². The monoisotopic (exact) mass is 912 g/mol. The lowest BCUT2D eigenvalue weighted by molar-refractivity contribution is -0.432. The summed E-state index contributed by atoms with van der Waals surface area (Å²) < 4.78 is 40.7. The molecule has 14 N–H and O–H groups in total. The number of anilines is 10. The van der Waals surface area contributed by atoms with Gasteiger partial charge in [-0.3, -0.25) is 4.55 Å². The van der Waals surface area contributed by atoms with Crippen molar-refractivity contribution >= 4 is 92.8 Å². The lowest BCUT2D eigenvalue weighted by Crippen LogP contribution is -2.27. The van der Waals surface area contributed by atoms with Gasteiger partial charge < -0.3 is 54.0 Å². The van der Waals surface area contributed by atoms with E-state index in [9.17, 15) is 13.0 Å². The first-order chi connectivity index (χ1) is 31.2. The van der Waals surface area contributed by atoms with E-state index in [1.807, 2.05) is 60.7 Å². The first kappa shape index (κ1) is 46.9. The Balaban J connectivity index is 1.23. The van der Waals surface area contributed by atoms with Crippen LogP contribution in [0.5, 0.6) is 0 Å². The third kappa shape index (κ3) is 15.1. The highest BCUT2D eigenvalue weighted by atomic mass is 32.2. The van der Waals surface area contributed by atoms with Crippen molar-refractivity contribution in [2.24, 2.45) is 11.5 Å². The maximum absolute atomic E-state index is 12.8. The third-order valence-corrected chi connectivity index (χ3v) is 10.1. The SMILES string of the molecule is NCCNCCNc1nc(Nc2ccccc2)nc(Nc2ccc(C=Cc3ccc(Nc4nc(NCCNCCN)nc(Nc5ccccc5)n4)cc3S(=O)(=O)O)c(SOOO)c2)n1. The standard InChI is InChI=1S/C40H48N16O6S2/c41-17-19-43-21-23-45-35-51-37(47-29-7-3-1-4-8-29)55-39(53-35)49-31-15-13-27(33(25-31)63-62-61-57)11-12-28-14-16-32(26-34(28)64(58,59)60)50-40-54-36(46-24-22-44-20-18-42)52-38(56-40)48-30-9-5-2-6-10-30/h1-16,25-26,43-44,57H,17-24,41-42H2,(H,58,59,60)(H3,45,47,49,51,53,55)(H3,46,48,50,52,54,56). The lowest BCUT2D eigenvalue weighted by atomic mass is 10.1. The second kappa shape index (κ2) is 24.3. The molecule has 6 rings (SSSR count). The first-order valence-electron chi connectivity index (χ1n) is 19.8. The van der Waals surface area contributed by atoms with E-state index in [1.165, 1.54) is 18.2 Å². The van der Waals surface area contributed by atoms with Crippen molar-refractivity contribution < 1.29 is 27.6 Å². The molecule has 2 heterocycles. The molecule has 336 valence electrons. The molecular formula is C40H48N16O6S2. The van der Waals surface area contributed by atoms with Gasteiger partial charge in [0.25, 0.3) is 10.1 Å². The molecule has 0 saturated carbocycles. The van der Waals surface area contributed by atoms with Gasteiger partial charge in [-0.1, -0.05) is 65.7 Å². The van der Waals surface area contributed by atoms with Crippen LogP contribution in [-0.4, -0.2) is 100 Å². The van der Waals surface area contributed by atoms with Crippen LogP contribution >= 0.6 is 12.0 Å². The number of para-hydroxylation sites is 2. The van der Waals surface area contributed by atoms with Crippen LogP contribution < -0.4 is 54.0 Å². The van der Waals surface area contributed by atoms with E-state index in [0.717, 1.165) is 11.4 Å². The van der Waals surface area contributed by atoms with E-state index in [4.69, 9.17) is 21.1 Å². The normalized spacial score (nSPS) is 11.4. The number of aromatic nitrogens is 6. The molecule has 0 spiro atoms. The molecule has 6 aromatic rings. The number of nitrogens with two attached hydrogens (primary N) is 2. The molecule has 0 atom stereocenters. The number of hydrogen-bond acceptors (Lipinski definition) is 22. The molecule has 0 aliphatic carbocycles. The molecule has 0 radical (unpaired) electrons. The highest BCUT2D eigenvalue weighted by Crippen LogP contribution is 2.31. The molecule has 4 aromatic carbocycles. The van der Waals surface area contributed by atoms with Crippen LogP contribution in [0.4, 0.5) is 58.4 Å². The highest BCUT2D eigenvalue weighted by Gasteiger charge is 2.17. The Labute approximate surface area is 373 Å². The zero-order valence-corrected chi connectivity index (χ0v) is 35.9. The molecule has 0 fully saturated rings. The van der Waals surface area contributed by atoms with Gasteiger partial charge in [0.2, 0.25) is 35.7 Å². The van der Waals surface area contributed by atoms with Crippen molar-refractivity contribution in [3.63, 3.8) is 0 Å². The molecule has 0 amide bonds. The Hall–Kier alpha value is -6.58. The van der Waals surface area contributed by atoms with Gasteiger partial charge in [0.05, 0.1) is 12.0 Å². The van der Waals surface area contributed by atoms with Gasteiger partial charge in [0, 0.05) is 80.0 Å². The maximum atomic E-state index is 12.8. The number of rotatable bonds is 26. The van der Waals surface area contributed by atoms with Crippen LogP contribution in [0.25, 0.3) is 12.2 Å². The number of hydrogen-bond donors (Lipinski definition) is 12. The Kier molecular flexibility index (Phi) is 17.8. The van der Waals surface area contributed by atoms with E-state index in [0.29, 0.717) is 86.5 Å². The summed E-state index contributed by atoms with van der Waals surface area (Å²) in [6.07, 6.45) is 3.10. The molecule has 0 bridgehead atoms. The minimum absolute atomic E-state index is 0.0980. The first-order valence-corrected chi connectivity index (χ1v) is 22.0. The quantitative estimate of drug-likeness (QED) is 0.00868. The van der Waals surface area contributed by atoms with Gasteiger partial charge in [0.15, 0.2) is 0 Å². The fourth-order valence-corrected chi connectivity index (χ4v) is 6.92. The fourth-order valence-electron chi connectivity index (χ4n) is 5.70. The van der Waals surface area contributed by atoms with E-state index < -0.39 is 15.0 Å². The molecule has 22 nitrogen and oxygen atoms in total. The number of nitrogens with one attached hydrogen (secondary N) is 8. The Morgan fingerprint density at radius 1 is 0.547 bits per heavy atom. The van der Waals surface area contributed by atoms with Crippen molar-refractivity contribution in [1.82, 2.24) is 40.5 Å². The van der Waals surface area contributed by atoms with Gasteiger partial charge in [-0.05, 0) is 59.7 Å². The molecule has 64 heavy (non-hydrogen) atoms. The largest absolute Gasteiger partial charge is 0.353 e. The molecule has 0 saturated heterocycles. The van der Waals surface area contributed by atoms with Gasteiger partial charge in [-0.25, -0.2) is 5.26 Å². The summed E-state index contributed by atoms with van der Waals surface area (Å²) in [4.78, 5) is 27.0. The van der Waals surface area contributed by atoms with E-state index in [2.05, 4.69) is 77.5 Å². The minimum atomic E-state index is -4.75. The smallest absolute Gasteiger partial charge is 0.295 e. The number of benzene rings is 4. The predicted molar refractivity (Wildman–Crippen MR) is 249 cm³/mol. The summed E-state index contributed by atoms with van der Waals surface area (Å²) in [5.74, 6) is 1.39. The number of nitrogens with zero attached hydrogens (tertiary/aromatic N) is 6. The Bertz CT molecular complexity index is 2550. The van der Waals surface area contributed by atoms with Crippen LogP contribution in [0.1, 0.15) is 11.1 Å². The van der Waals surface area contributed by atoms with Crippen LogP contribution in [0, 0.1) is 0 Å². The molecule has 0 aliphatic heterocycles. The topological polar surface area (TPSA) is 319 Å². The minimum Gasteiger partial charge on any atom is -0.353 e. The van der Waals surface area contributed by atoms with Gasteiger partial charge >= 0.3 is 0 Å². The van der Waals surface area contributed by atoms with Crippen LogP contribution in [0.2, 0.25) is 0 Å². The fraction of sp³-hybridized carbons (Fsp3) is 0.200. The van der Waals surface area contributed by atoms with Crippen LogP contribution in [0.15, 0.2) is 107 Å². The summed E-state index contributed by atoms with van der Waals surface area (Å²) in [5.41, 5.74) is 14.1. The zero-order valence-electron chi connectivity index (χ0n) is 34.2. The van der Waals surface area contributed by atoms with E-state index in [-0.39, 0.29) is 41.0 Å². The van der Waals surface area contributed by atoms with Crippen molar-refractivity contribution in [3.8, 4) is 0 Å². The molecule has 0 unspecified atom stereocenters. The second-order valence-corrected chi connectivity index (χ2v) is 15.4. The summed E-state index contributed by atoms with van der Waals surface area (Å²) in [5, 5.41) is 38.1. The molecular weight excluding hydrogens is 865 g/mol. The van der Waals surface area contributed by atoms with Crippen molar-refractivity contribution in [2.75, 3.05) is 84.3 Å². The molecule has 0 aliphatic rings. The van der Waals surface area contributed by atoms with Gasteiger partial charge in [-0.15, -0.1) is 4.33 Å². The summed E-state index contributed by atoms with van der Waals surface area (Å²) >= 11 is 0.684.